The van der Waals surface area contributed by atoms with E-state index in [1.165, 1.54) is 5.56 Å². The predicted molar refractivity (Wildman–Crippen MR) is 103 cm³/mol. The zero-order chi connectivity index (χ0) is 18.8. The molecule has 1 fully saturated rings. The molecule has 0 spiro atoms. The Morgan fingerprint density at radius 2 is 1.93 bits per heavy atom. The predicted octanol–water partition coefficient (Wildman–Crippen LogP) is 2.03. The smallest absolute Gasteiger partial charge is 0.341 e. The summed E-state index contributed by atoms with van der Waals surface area (Å²) >= 11 is 0. The third kappa shape index (κ3) is 3.68. The molecule has 0 aliphatic carbocycles. The third-order valence-electron chi connectivity index (χ3n) is 5.71. The van der Waals surface area contributed by atoms with Gasteiger partial charge in [-0.25, -0.2) is 4.79 Å². The van der Waals surface area contributed by atoms with Crippen LogP contribution in [-0.4, -0.2) is 40.2 Å². The van der Waals surface area contributed by atoms with Crippen molar-refractivity contribution in [2.75, 3.05) is 19.6 Å². The minimum absolute atomic E-state index is 0.0271. The zero-order valence-corrected chi connectivity index (χ0v) is 15.4. The van der Waals surface area contributed by atoms with Crippen molar-refractivity contribution < 1.29 is 9.90 Å². The Hall–Kier alpha value is -2.44. The van der Waals surface area contributed by atoms with Crippen molar-refractivity contribution in [3.63, 3.8) is 0 Å². The molecule has 1 saturated heterocycles. The summed E-state index contributed by atoms with van der Waals surface area (Å²) in [5, 5.41) is 12.9. The van der Waals surface area contributed by atoms with Gasteiger partial charge in [-0.2, -0.15) is 0 Å². The van der Waals surface area contributed by atoms with E-state index in [1.807, 2.05) is 12.3 Å². The topological polar surface area (TPSA) is 74.6 Å². The summed E-state index contributed by atoms with van der Waals surface area (Å²) < 4.78 is 1.69. The molecule has 27 heavy (non-hydrogen) atoms. The minimum atomic E-state index is -1.10. The summed E-state index contributed by atoms with van der Waals surface area (Å²) in [6.45, 7) is 4.07. The van der Waals surface area contributed by atoms with Gasteiger partial charge in [-0.3, -0.25) is 9.69 Å². The number of piperidine rings is 1. The van der Waals surface area contributed by atoms with E-state index in [-0.39, 0.29) is 17.2 Å². The van der Waals surface area contributed by atoms with Crippen LogP contribution in [0, 0.1) is 0 Å². The van der Waals surface area contributed by atoms with Gasteiger partial charge in [-0.15, -0.1) is 0 Å². The first-order valence-corrected chi connectivity index (χ1v) is 9.60. The quantitative estimate of drug-likeness (QED) is 0.865. The van der Waals surface area contributed by atoms with Crippen LogP contribution in [0.2, 0.25) is 0 Å². The fourth-order valence-corrected chi connectivity index (χ4v) is 4.29. The highest BCUT2D eigenvalue weighted by molar-refractivity contribution is 5.89. The molecule has 1 aromatic heterocycles. The normalized spacial score (nSPS) is 18.2. The Labute approximate surface area is 158 Å². The molecule has 3 heterocycles. The number of likely N-dealkylation sites (tertiary alicyclic amines) is 1. The fraction of sp³-hybridized carbons (Fsp3) is 0.429. The molecule has 0 atom stereocenters. The van der Waals surface area contributed by atoms with Gasteiger partial charge in [0.2, 0.25) is 0 Å². The maximum absolute atomic E-state index is 12.9. The number of hydrogen-bond acceptors (Lipinski definition) is 4. The van der Waals surface area contributed by atoms with Gasteiger partial charge in [0.1, 0.15) is 5.56 Å². The van der Waals surface area contributed by atoms with E-state index >= 15 is 0 Å². The van der Waals surface area contributed by atoms with Crippen molar-refractivity contribution in [1.82, 2.24) is 14.8 Å². The van der Waals surface area contributed by atoms with Crippen LogP contribution in [-0.2, 0) is 19.5 Å². The third-order valence-corrected chi connectivity index (χ3v) is 5.71. The van der Waals surface area contributed by atoms with Crippen LogP contribution < -0.4 is 10.9 Å². The Bertz CT molecular complexity index is 884. The number of carbonyl (C=O) groups is 1. The molecular weight excluding hydrogens is 342 g/mol. The van der Waals surface area contributed by atoms with E-state index in [0.29, 0.717) is 25.1 Å². The van der Waals surface area contributed by atoms with Gasteiger partial charge in [-0.1, -0.05) is 30.3 Å². The summed E-state index contributed by atoms with van der Waals surface area (Å²) in [7, 11) is 0. The van der Waals surface area contributed by atoms with Gasteiger partial charge in [0.15, 0.2) is 0 Å². The van der Waals surface area contributed by atoms with Crippen molar-refractivity contribution >= 4 is 5.97 Å². The lowest BCUT2D eigenvalue weighted by molar-refractivity contribution is 0.0691. The Balaban J connectivity index is 1.54. The standard InChI is InChI=1S/C21H25N3O3/c25-20-19(21(26)27)18-6-9-22-12-16(18)14-24(20)17-7-10-23(11-8-17)13-15-4-2-1-3-5-15/h1-5,14,17,22H,6-13H2,(H,26,27). The molecule has 2 aliphatic heterocycles. The van der Waals surface area contributed by atoms with Gasteiger partial charge in [-0.05, 0) is 42.5 Å². The number of benzene rings is 1. The van der Waals surface area contributed by atoms with E-state index in [2.05, 4.69) is 34.5 Å². The van der Waals surface area contributed by atoms with Crippen molar-refractivity contribution in [2.45, 2.75) is 38.4 Å². The molecule has 1 aromatic carbocycles. The number of aromatic nitrogens is 1. The molecule has 0 unspecified atom stereocenters. The van der Waals surface area contributed by atoms with Gasteiger partial charge < -0.3 is 15.0 Å². The highest BCUT2D eigenvalue weighted by atomic mass is 16.4. The zero-order valence-electron chi connectivity index (χ0n) is 15.4. The summed E-state index contributed by atoms with van der Waals surface area (Å²) in [5.41, 5.74) is 2.58. The molecular formula is C21H25N3O3. The van der Waals surface area contributed by atoms with Crippen LogP contribution in [0.5, 0.6) is 0 Å². The molecule has 0 bridgehead atoms. The maximum atomic E-state index is 12.9. The second-order valence-electron chi connectivity index (χ2n) is 7.45. The molecule has 2 aromatic rings. The molecule has 0 saturated carbocycles. The molecule has 6 nitrogen and oxygen atoms in total. The van der Waals surface area contributed by atoms with Crippen LogP contribution in [0.3, 0.4) is 0 Å². The molecule has 0 amide bonds. The molecule has 6 heteroatoms. The fourth-order valence-electron chi connectivity index (χ4n) is 4.29. The van der Waals surface area contributed by atoms with Gasteiger partial charge >= 0.3 is 5.97 Å². The average Bonchev–Trinajstić information content (AvgIpc) is 2.69. The highest BCUT2D eigenvalue weighted by Gasteiger charge is 2.27. The average molecular weight is 367 g/mol. The SMILES string of the molecule is O=C(O)c1c2c(cn(C3CCN(Cc4ccccc4)CC3)c1=O)CNCC2. The van der Waals surface area contributed by atoms with Crippen molar-refractivity contribution in [3.8, 4) is 0 Å². The molecule has 0 radical (unpaired) electrons. The summed E-state index contributed by atoms with van der Waals surface area (Å²) in [6.07, 6.45) is 4.21. The largest absolute Gasteiger partial charge is 0.477 e. The van der Waals surface area contributed by atoms with Crippen molar-refractivity contribution in [3.05, 3.63) is 69.1 Å². The first-order chi connectivity index (χ1) is 13.1. The highest BCUT2D eigenvalue weighted by Crippen LogP contribution is 2.25. The summed E-state index contributed by atoms with van der Waals surface area (Å²) in [6, 6.07) is 10.5. The van der Waals surface area contributed by atoms with Crippen molar-refractivity contribution in [2.24, 2.45) is 0 Å². The van der Waals surface area contributed by atoms with Crippen LogP contribution in [0.15, 0.2) is 41.3 Å². The van der Waals surface area contributed by atoms with E-state index in [9.17, 15) is 14.7 Å². The van der Waals surface area contributed by atoms with Crippen LogP contribution >= 0.6 is 0 Å². The monoisotopic (exact) mass is 367 g/mol. The lowest BCUT2D eigenvalue weighted by Crippen LogP contribution is -2.40. The molecule has 4 rings (SSSR count). The number of pyridine rings is 1. The van der Waals surface area contributed by atoms with E-state index in [1.54, 1.807) is 4.57 Å². The lowest BCUT2D eigenvalue weighted by atomic mass is 9.96. The number of carboxylic acid groups (broad SMARTS) is 1. The van der Waals surface area contributed by atoms with Gasteiger partial charge in [0, 0.05) is 38.4 Å². The van der Waals surface area contributed by atoms with Crippen LogP contribution in [0.4, 0.5) is 0 Å². The second kappa shape index (κ2) is 7.66. The van der Waals surface area contributed by atoms with Gasteiger partial charge in [0.05, 0.1) is 0 Å². The number of nitrogens with zero attached hydrogens (tertiary/aromatic N) is 2. The maximum Gasteiger partial charge on any atom is 0.341 e. The number of rotatable bonds is 4. The van der Waals surface area contributed by atoms with E-state index < -0.39 is 5.97 Å². The number of carboxylic acids is 1. The summed E-state index contributed by atoms with van der Waals surface area (Å²) in [5.74, 6) is -1.10. The van der Waals surface area contributed by atoms with E-state index in [4.69, 9.17) is 0 Å². The van der Waals surface area contributed by atoms with E-state index in [0.717, 1.165) is 38.0 Å². The van der Waals surface area contributed by atoms with Crippen LogP contribution in [0.25, 0.3) is 0 Å². The molecule has 142 valence electrons. The summed E-state index contributed by atoms with van der Waals surface area (Å²) in [4.78, 5) is 27.0. The number of hydrogen-bond donors (Lipinski definition) is 2. The molecule has 2 aliphatic rings. The minimum Gasteiger partial charge on any atom is -0.477 e. The number of aromatic carboxylic acids is 1. The lowest BCUT2D eigenvalue weighted by Gasteiger charge is -2.33. The number of nitrogens with one attached hydrogen (secondary N) is 1. The van der Waals surface area contributed by atoms with Gasteiger partial charge in [0.25, 0.3) is 5.56 Å². The second-order valence-corrected chi connectivity index (χ2v) is 7.45. The van der Waals surface area contributed by atoms with Crippen LogP contribution in [0.1, 0.15) is 45.9 Å². The Morgan fingerprint density at radius 1 is 1.19 bits per heavy atom. The Morgan fingerprint density at radius 3 is 2.63 bits per heavy atom. The number of fused-ring (bicyclic) bond motifs is 1. The van der Waals surface area contributed by atoms with Crippen molar-refractivity contribution in [1.29, 1.82) is 0 Å². The first kappa shape index (κ1) is 17.9. The molecule has 2 N–H and O–H groups in total. The Kier molecular flexibility index (Phi) is 5.09. The first-order valence-electron chi connectivity index (χ1n) is 9.60.